The molecule has 3 aromatic rings. The second-order valence-corrected chi connectivity index (χ2v) is 7.58. The number of benzene rings is 2. The Hall–Kier alpha value is -3.32. The van der Waals surface area contributed by atoms with Gasteiger partial charge in [-0.05, 0) is 37.3 Å². The topological polar surface area (TPSA) is 73.6 Å². The summed E-state index contributed by atoms with van der Waals surface area (Å²) < 4.78 is 1.89. The minimum atomic E-state index is 0.00715. The number of carbonyl (C=O) groups excluding carboxylic acids is 1. The van der Waals surface area contributed by atoms with Crippen LogP contribution in [-0.4, -0.2) is 58.4 Å². The number of phenolic OH excluding ortho intramolecular Hbond substituents is 1. The molecule has 0 aliphatic carbocycles. The van der Waals surface area contributed by atoms with Crippen LogP contribution in [0, 0.1) is 6.92 Å². The van der Waals surface area contributed by atoms with Gasteiger partial charge in [0.05, 0.1) is 24.5 Å². The molecule has 1 amide bonds. The van der Waals surface area contributed by atoms with Crippen LogP contribution in [0.5, 0.6) is 5.75 Å². The molecule has 0 spiro atoms. The normalized spacial score (nSPS) is 14.6. The Balaban J connectivity index is 1.25. The average Bonchev–Trinajstić information content (AvgIpc) is 3.14. The van der Waals surface area contributed by atoms with E-state index in [1.807, 2.05) is 60.1 Å². The number of anilines is 1. The van der Waals surface area contributed by atoms with E-state index in [0.717, 1.165) is 48.9 Å². The number of hydrogen-bond acceptors (Lipinski definition) is 5. The summed E-state index contributed by atoms with van der Waals surface area (Å²) in [5.41, 5.74) is 3.91. The molecule has 7 heteroatoms. The first-order valence-corrected chi connectivity index (χ1v) is 10.2. The number of phenols is 1. The first-order chi connectivity index (χ1) is 14.6. The summed E-state index contributed by atoms with van der Waals surface area (Å²) in [7, 11) is 0. The van der Waals surface area contributed by atoms with Crippen LogP contribution in [0.4, 0.5) is 5.69 Å². The minimum Gasteiger partial charge on any atom is -0.508 e. The highest BCUT2D eigenvalue weighted by molar-refractivity contribution is 5.78. The number of nitrogens with zero attached hydrogens (tertiary/aromatic N) is 4. The zero-order valence-electron chi connectivity index (χ0n) is 17.2. The average molecular weight is 406 g/mol. The molecule has 0 unspecified atom stereocenters. The Kier molecular flexibility index (Phi) is 5.99. The Morgan fingerprint density at radius 3 is 2.47 bits per heavy atom. The van der Waals surface area contributed by atoms with Crippen molar-refractivity contribution in [3.8, 4) is 11.4 Å². The number of para-hydroxylation sites is 1. The maximum Gasteiger partial charge on any atom is 0.234 e. The smallest absolute Gasteiger partial charge is 0.234 e. The summed E-state index contributed by atoms with van der Waals surface area (Å²) in [5.74, 6) is 0.284. The maximum atomic E-state index is 12.4. The van der Waals surface area contributed by atoms with E-state index in [1.165, 1.54) is 0 Å². The second-order valence-electron chi connectivity index (χ2n) is 7.58. The van der Waals surface area contributed by atoms with Crippen LogP contribution in [0.25, 0.3) is 5.69 Å². The van der Waals surface area contributed by atoms with E-state index in [9.17, 15) is 9.90 Å². The van der Waals surface area contributed by atoms with Crippen molar-refractivity contribution in [1.82, 2.24) is 20.0 Å². The summed E-state index contributed by atoms with van der Waals surface area (Å²) >= 11 is 0. The van der Waals surface area contributed by atoms with Crippen molar-refractivity contribution in [2.24, 2.45) is 0 Å². The van der Waals surface area contributed by atoms with Gasteiger partial charge in [-0.15, -0.1) is 0 Å². The lowest BCUT2D eigenvalue weighted by molar-refractivity contribution is -0.122. The molecule has 0 atom stereocenters. The van der Waals surface area contributed by atoms with Gasteiger partial charge < -0.3 is 15.3 Å². The molecule has 7 nitrogen and oxygen atoms in total. The highest BCUT2D eigenvalue weighted by Crippen LogP contribution is 2.21. The molecule has 156 valence electrons. The van der Waals surface area contributed by atoms with E-state index in [1.54, 1.807) is 12.1 Å². The standard InChI is InChI=1S/C23H27N5O2/c1-18-14-19(25-28(18)20-6-3-2-4-7-20)16-24-23(30)17-26-10-12-27(13-11-26)21-8-5-9-22(29)15-21/h2-9,14-15,29H,10-13,16-17H2,1H3,(H,24,30). The number of rotatable bonds is 6. The largest absolute Gasteiger partial charge is 0.508 e. The number of hydrogen-bond donors (Lipinski definition) is 2. The molecule has 2 aromatic carbocycles. The van der Waals surface area contributed by atoms with Gasteiger partial charge in [0.15, 0.2) is 0 Å². The third-order valence-corrected chi connectivity index (χ3v) is 5.34. The van der Waals surface area contributed by atoms with Crippen molar-refractivity contribution in [2.45, 2.75) is 13.5 Å². The van der Waals surface area contributed by atoms with Gasteiger partial charge in [0, 0.05) is 43.6 Å². The van der Waals surface area contributed by atoms with Gasteiger partial charge in [-0.2, -0.15) is 5.10 Å². The Bertz CT molecular complexity index is 994. The highest BCUT2D eigenvalue weighted by atomic mass is 16.3. The van der Waals surface area contributed by atoms with Gasteiger partial charge >= 0.3 is 0 Å². The molecule has 30 heavy (non-hydrogen) atoms. The first-order valence-electron chi connectivity index (χ1n) is 10.2. The molecule has 4 rings (SSSR count). The third-order valence-electron chi connectivity index (χ3n) is 5.34. The monoisotopic (exact) mass is 405 g/mol. The van der Waals surface area contributed by atoms with Crippen LogP contribution in [0.15, 0.2) is 60.7 Å². The highest BCUT2D eigenvalue weighted by Gasteiger charge is 2.19. The van der Waals surface area contributed by atoms with Gasteiger partial charge in [0.2, 0.25) is 5.91 Å². The lowest BCUT2D eigenvalue weighted by atomic mass is 10.2. The molecule has 1 fully saturated rings. The molecular weight excluding hydrogens is 378 g/mol. The van der Waals surface area contributed by atoms with Crippen LogP contribution >= 0.6 is 0 Å². The number of piperazine rings is 1. The zero-order valence-corrected chi connectivity index (χ0v) is 17.2. The molecule has 0 radical (unpaired) electrons. The molecule has 2 N–H and O–H groups in total. The van der Waals surface area contributed by atoms with E-state index in [2.05, 4.69) is 20.2 Å². The predicted octanol–water partition coefficient (Wildman–Crippen LogP) is 2.32. The molecule has 1 saturated heterocycles. The number of amides is 1. The van der Waals surface area contributed by atoms with Crippen molar-refractivity contribution in [3.05, 3.63) is 72.1 Å². The summed E-state index contributed by atoms with van der Waals surface area (Å²) in [5, 5.41) is 17.3. The Morgan fingerprint density at radius 2 is 1.73 bits per heavy atom. The molecule has 1 aliphatic rings. The van der Waals surface area contributed by atoms with Crippen LogP contribution in [0.1, 0.15) is 11.4 Å². The van der Waals surface area contributed by atoms with Crippen LogP contribution < -0.4 is 10.2 Å². The van der Waals surface area contributed by atoms with Gasteiger partial charge in [0.1, 0.15) is 5.75 Å². The second kappa shape index (κ2) is 9.00. The van der Waals surface area contributed by atoms with Crippen LogP contribution in [-0.2, 0) is 11.3 Å². The van der Waals surface area contributed by atoms with Gasteiger partial charge in [-0.1, -0.05) is 24.3 Å². The van der Waals surface area contributed by atoms with Crippen molar-refractivity contribution < 1.29 is 9.90 Å². The Morgan fingerprint density at radius 1 is 1.00 bits per heavy atom. The van der Waals surface area contributed by atoms with Crippen LogP contribution in [0.2, 0.25) is 0 Å². The quantitative estimate of drug-likeness (QED) is 0.659. The minimum absolute atomic E-state index is 0.00715. The fraction of sp³-hybridized carbons (Fsp3) is 0.304. The fourth-order valence-electron chi connectivity index (χ4n) is 3.76. The summed E-state index contributed by atoms with van der Waals surface area (Å²) in [6.07, 6.45) is 0. The molecule has 1 aromatic heterocycles. The van der Waals surface area contributed by atoms with E-state index >= 15 is 0 Å². The number of aromatic hydroxyl groups is 1. The number of carbonyl (C=O) groups is 1. The van der Waals surface area contributed by atoms with E-state index in [4.69, 9.17) is 0 Å². The van der Waals surface area contributed by atoms with E-state index in [-0.39, 0.29) is 11.7 Å². The molecule has 1 aliphatic heterocycles. The lowest BCUT2D eigenvalue weighted by Gasteiger charge is -2.35. The predicted molar refractivity (Wildman–Crippen MR) is 117 cm³/mol. The van der Waals surface area contributed by atoms with Gasteiger partial charge in [-0.25, -0.2) is 4.68 Å². The van der Waals surface area contributed by atoms with Gasteiger partial charge in [-0.3, -0.25) is 9.69 Å². The fourth-order valence-corrected chi connectivity index (χ4v) is 3.76. The van der Waals surface area contributed by atoms with E-state index in [0.29, 0.717) is 13.1 Å². The Labute approximate surface area is 176 Å². The molecule has 0 bridgehead atoms. The lowest BCUT2D eigenvalue weighted by Crippen LogP contribution is -2.49. The van der Waals surface area contributed by atoms with E-state index < -0.39 is 0 Å². The number of aromatic nitrogens is 2. The third kappa shape index (κ3) is 4.80. The van der Waals surface area contributed by atoms with Crippen molar-refractivity contribution >= 4 is 11.6 Å². The van der Waals surface area contributed by atoms with Crippen LogP contribution in [0.3, 0.4) is 0 Å². The first kappa shape index (κ1) is 20.0. The van der Waals surface area contributed by atoms with Crippen molar-refractivity contribution in [1.29, 1.82) is 0 Å². The zero-order chi connectivity index (χ0) is 20.9. The summed E-state index contributed by atoms with van der Waals surface area (Å²) in [4.78, 5) is 16.8. The SMILES string of the molecule is Cc1cc(CNC(=O)CN2CCN(c3cccc(O)c3)CC2)nn1-c1ccccc1. The van der Waals surface area contributed by atoms with Crippen molar-refractivity contribution in [2.75, 3.05) is 37.6 Å². The summed E-state index contributed by atoms with van der Waals surface area (Å²) in [6.45, 7) is 6.09. The summed E-state index contributed by atoms with van der Waals surface area (Å²) in [6, 6.07) is 19.3. The molecular formula is C23H27N5O2. The number of nitrogens with one attached hydrogen (secondary N) is 1. The maximum absolute atomic E-state index is 12.4. The van der Waals surface area contributed by atoms with Gasteiger partial charge in [0.25, 0.3) is 0 Å². The number of aryl methyl sites for hydroxylation is 1. The van der Waals surface area contributed by atoms with Crippen molar-refractivity contribution in [3.63, 3.8) is 0 Å². The molecule has 0 saturated carbocycles. The molecule has 2 heterocycles.